The summed E-state index contributed by atoms with van der Waals surface area (Å²) in [7, 11) is 0.459. The van der Waals surface area contributed by atoms with Gasteiger partial charge >= 0.3 is 0 Å². The van der Waals surface area contributed by atoms with Crippen LogP contribution in [0.3, 0.4) is 0 Å². The predicted octanol–water partition coefficient (Wildman–Crippen LogP) is 1.72. The fraction of sp³-hybridized carbons (Fsp3) is 0.714. The topological polar surface area (TPSA) is 66.6 Å². The van der Waals surface area contributed by atoms with Crippen LogP contribution in [0.2, 0.25) is 0 Å². The standard InChI is InChI=1S/C14H27N3O2S2/c1-11(2)10-17(7-6-16(4)5)21(18,19)14-8-12(3)13(9-15)20-14/h8,11H,6-7,9-10,15H2,1-5H3. The molecule has 0 aliphatic carbocycles. The number of thiophene rings is 1. The van der Waals surface area contributed by atoms with Gasteiger partial charge in [-0.1, -0.05) is 13.8 Å². The Morgan fingerprint density at radius 2 is 1.90 bits per heavy atom. The maximum absolute atomic E-state index is 12.8. The van der Waals surface area contributed by atoms with E-state index in [9.17, 15) is 8.42 Å². The largest absolute Gasteiger partial charge is 0.326 e. The molecule has 1 aromatic heterocycles. The summed E-state index contributed by atoms with van der Waals surface area (Å²) in [5.74, 6) is 0.289. The lowest BCUT2D eigenvalue weighted by Crippen LogP contribution is -2.38. The summed E-state index contributed by atoms with van der Waals surface area (Å²) in [6.45, 7) is 8.10. The van der Waals surface area contributed by atoms with Crippen molar-refractivity contribution in [2.75, 3.05) is 33.7 Å². The van der Waals surface area contributed by atoms with E-state index < -0.39 is 10.0 Å². The number of rotatable bonds is 8. The molecule has 7 heteroatoms. The molecule has 0 saturated carbocycles. The van der Waals surface area contributed by atoms with Crippen molar-refractivity contribution in [2.45, 2.75) is 31.5 Å². The van der Waals surface area contributed by atoms with Crippen LogP contribution in [0, 0.1) is 12.8 Å². The summed E-state index contributed by atoms with van der Waals surface area (Å²) < 4.78 is 27.7. The van der Waals surface area contributed by atoms with E-state index in [0.29, 0.717) is 30.4 Å². The zero-order valence-electron chi connectivity index (χ0n) is 13.6. The fourth-order valence-corrected chi connectivity index (χ4v) is 5.19. The van der Waals surface area contributed by atoms with E-state index >= 15 is 0 Å². The predicted molar refractivity (Wildman–Crippen MR) is 89.1 cm³/mol. The minimum atomic E-state index is -3.43. The minimum Gasteiger partial charge on any atom is -0.326 e. The average molecular weight is 334 g/mol. The molecule has 0 saturated heterocycles. The second kappa shape index (κ2) is 7.69. The molecule has 0 amide bonds. The molecule has 0 aromatic carbocycles. The van der Waals surface area contributed by atoms with E-state index in [0.717, 1.165) is 10.4 Å². The molecule has 0 radical (unpaired) electrons. The Hall–Kier alpha value is -0.470. The van der Waals surface area contributed by atoms with Crippen molar-refractivity contribution >= 4 is 21.4 Å². The van der Waals surface area contributed by atoms with Crippen LogP contribution in [0.4, 0.5) is 0 Å². The number of nitrogens with two attached hydrogens (primary N) is 1. The summed E-state index contributed by atoms with van der Waals surface area (Å²) in [6, 6.07) is 1.74. The molecule has 21 heavy (non-hydrogen) atoms. The number of nitrogens with zero attached hydrogens (tertiary/aromatic N) is 2. The van der Waals surface area contributed by atoms with Gasteiger partial charge < -0.3 is 10.6 Å². The normalized spacial score (nSPS) is 12.8. The average Bonchev–Trinajstić information content (AvgIpc) is 2.75. The van der Waals surface area contributed by atoms with Crippen LogP contribution in [0.5, 0.6) is 0 Å². The highest BCUT2D eigenvalue weighted by atomic mass is 32.2. The lowest BCUT2D eigenvalue weighted by Gasteiger charge is -2.24. The molecule has 1 rings (SSSR count). The van der Waals surface area contributed by atoms with Crippen LogP contribution in [0.15, 0.2) is 10.3 Å². The lowest BCUT2D eigenvalue weighted by molar-refractivity contribution is 0.313. The first-order valence-electron chi connectivity index (χ1n) is 7.12. The fourth-order valence-electron chi connectivity index (χ4n) is 1.97. The van der Waals surface area contributed by atoms with Gasteiger partial charge in [-0.15, -0.1) is 11.3 Å². The molecule has 0 spiro atoms. The first-order valence-corrected chi connectivity index (χ1v) is 9.38. The highest BCUT2D eigenvalue weighted by molar-refractivity contribution is 7.91. The van der Waals surface area contributed by atoms with Gasteiger partial charge in [0.25, 0.3) is 10.0 Å². The molecule has 5 nitrogen and oxygen atoms in total. The van der Waals surface area contributed by atoms with E-state index in [1.54, 1.807) is 10.4 Å². The van der Waals surface area contributed by atoms with Crippen molar-refractivity contribution in [3.05, 3.63) is 16.5 Å². The summed E-state index contributed by atoms with van der Waals surface area (Å²) in [5.41, 5.74) is 6.61. The number of sulfonamides is 1. The van der Waals surface area contributed by atoms with Crippen molar-refractivity contribution < 1.29 is 8.42 Å². The van der Waals surface area contributed by atoms with Crippen LogP contribution < -0.4 is 5.73 Å². The number of hydrogen-bond donors (Lipinski definition) is 1. The maximum Gasteiger partial charge on any atom is 0.252 e. The van der Waals surface area contributed by atoms with E-state index in [-0.39, 0.29) is 5.92 Å². The molecular weight excluding hydrogens is 306 g/mol. The smallest absolute Gasteiger partial charge is 0.252 e. The molecule has 0 atom stereocenters. The summed E-state index contributed by atoms with van der Waals surface area (Å²) in [5, 5.41) is 0. The summed E-state index contributed by atoms with van der Waals surface area (Å²) in [6.07, 6.45) is 0. The minimum absolute atomic E-state index is 0.289. The molecule has 0 bridgehead atoms. The van der Waals surface area contributed by atoms with Gasteiger partial charge in [-0.3, -0.25) is 0 Å². The molecule has 0 aliphatic rings. The van der Waals surface area contributed by atoms with E-state index in [1.165, 1.54) is 11.3 Å². The third-order valence-electron chi connectivity index (χ3n) is 3.14. The van der Waals surface area contributed by atoms with Gasteiger partial charge in [-0.25, -0.2) is 8.42 Å². The maximum atomic E-state index is 12.8. The number of likely N-dealkylation sites (N-methyl/N-ethyl adjacent to an activating group) is 1. The molecule has 0 aliphatic heterocycles. The molecule has 1 aromatic rings. The quantitative estimate of drug-likeness (QED) is 0.787. The zero-order chi connectivity index (χ0) is 16.2. The van der Waals surface area contributed by atoms with Crippen LogP contribution in [0.25, 0.3) is 0 Å². The SMILES string of the molecule is Cc1cc(S(=O)(=O)N(CCN(C)C)CC(C)C)sc1CN. The number of aryl methyl sites for hydroxylation is 1. The van der Waals surface area contributed by atoms with Gasteiger partial charge in [0.1, 0.15) is 4.21 Å². The Kier molecular flexibility index (Phi) is 6.80. The highest BCUT2D eigenvalue weighted by Crippen LogP contribution is 2.28. The van der Waals surface area contributed by atoms with Gasteiger partial charge in [0.2, 0.25) is 0 Å². The van der Waals surface area contributed by atoms with Gasteiger partial charge in [-0.2, -0.15) is 4.31 Å². The first-order chi connectivity index (χ1) is 9.68. The Bertz CT molecular complexity index is 551. The lowest BCUT2D eigenvalue weighted by atomic mass is 10.2. The first kappa shape index (κ1) is 18.6. The van der Waals surface area contributed by atoms with E-state index in [2.05, 4.69) is 0 Å². The molecule has 122 valence electrons. The Labute approximate surface area is 132 Å². The van der Waals surface area contributed by atoms with Gasteiger partial charge in [0.05, 0.1) is 0 Å². The Balaban J connectivity index is 3.06. The van der Waals surface area contributed by atoms with Crippen LogP contribution in [-0.2, 0) is 16.6 Å². The van der Waals surface area contributed by atoms with E-state index in [1.807, 2.05) is 39.8 Å². The van der Waals surface area contributed by atoms with Crippen molar-refractivity contribution in [3.63, 3.8) is 0 Å². The van der Waals surface area contributed by atoms with Crippen molar-refractivity contribution in [3.8, 4) is 0 Å². The Morgan fingerprint density at radius 3 is 2.33 bits per heavy atom. The van der Waals surface area contributed by atoms with Crippen molar-refractivity contribution in [1.29, 1.82) is 0 Å². The van der Waals surface area contributed by atoms with Crippen LogP contribution in [0.1, 0.15) is 24.3 Å². The molecule has 1 heterocycles. The molecular formula is C14H27N3O2S2. The Morgan fingerprint density at radius 1 is 1.29 bits per heavy atom. The van der Waals surface area contributed by atoms with Gasteiger partial charge in [0.15, 0.2) is 0 Å². The van der Waals surface area contributed by atoms with Crippen LogP contribution in [-0.4, -0.2) is 51.4 Å². The third-order valence-corrected chi connectivity index (χ3v) is 6.72. The second-order valence-electron chi connectivity index (χ2n) is 5.94. The highest BCUT2D eigenvalue weighted by Gasteiger charge is 2.27. The van der Waals surface area contributed by atoms with Crippen molar-refractivity contribution in [1.82, 2.24) is 9.21 Å². The molecule has 0 fully saturated rings. The van der Waals surface area contributed by atoms with E-state index in [4.69, 9.17) is 5.73 Å². The molecule has 0 unspecified atom stereocenters. The molecule has 2 N–H and O–H groups in total. The zero-order valence-corrected chi connectivity index (χ0v) is 15.2. The monoisotopic (exact) mass is 333 g/mol. The second-order valence-corrected chi connectivity index (χ2v) is 9.24. The number of hydrogen-bond acceptors (Lipinski definition) is 5. The third kappa shape index (κ3) is 5.03. The van der Waals surface area contributed by atoms with Crippen molar-refractivity contribution in [2.24, 2.45) is 11.7 Å². The summed E-state index contributed by atoms with van der Waals surface area (Å²) in [4.78, 5) is 2.93. The van der Waals surface area contributed by atoms with Gasteiger partial charge in [-0.05, 0) is 38.6 Å². The summed E-state index contributed by atoms with van der Waals surface area (Å²) >= 11 is 1.29. The van der Waals surface area contributed by atoms with Gasteiger partial charge in [0, 0.05) is 31.1 Å². The van der Waals surface area contributed by atoms with Crippen LogP contribution >= 0.6 is 11.3 Å².